The van der Waals surface area contributed by atoms with E-state index in [0.29, 0.717) is 19.6 Å². The van der Waals surface area contributed by atoms with Crippen molar-refractivity contribution in [2.45, 2.75) is 25.6 Å². The molecule has 1 aliphatic rings. The lowest BCUT2D eigenvalue weighted by atomic mass is 10.1. The maximum Gasteiger partial charge on any atom is 0.417 e. The molecule has 2 amide bonds. The Bertz CT molecular complexity index is 637. The minimum Gasteiger partial charge on any atom is -0.355 e. The predicted molar refractivity (Wildman–Crippen MR) is 83.7 cm³/mol. The monoisotopic (exact) mass is 363 g/mol. The summed E-state index contributed by atoms with van der Waals surface area (Å²) in [7, 11) is 0. The number of nitrogens with one attached hydrogen (secondary N) is 2. The lowest BCUT2D eigenvalue weighted by Gasteiger charge is -2.26. The molecule has 1 aliphatic heterocycles. The normalized spacial score (nSPS) is 17.8. The Morgan fingerprint density at radius 1 is 1.38 bits per heavy atom. The number of amides is 2. The second-order valence-electron chi connectivity index (χ2n) is 5.49. The highest BCUT2D eigenvalue weighted by molar-refractivity contribution is 6.31. The Balaban J connectivity index is 2.07. The van der Waals surface area contributed by atoms with Crippen molar-refractivity contribution in [3.05, 3.63) is 28.8 Å². The predicted octanol–water partition coefficient (Wildman–Crippen LogP) is 2.51. The van der Waals surface area contributed by atoms with Crippen LogP contribution >= 0.6 is 11.6 Å². The average Bonchev–Trinajstić information content (AvgIpc) is 2.72. The van der Waals surface area contributed by atoms with Crippen LogP contribution in [0, 0.1) is 0 Å². The van der Waals surface area contributed by atoms with Crippen LogP contribution in [0.1, 0.15) is 18.9 Å². The third-order valence-corrected chi connectivity index (χ3v) is 4.14. The summed E-state index contributed by atoms with van der Waals surface area (Å²) in [6.45, 7) is 2.98. The molecule has 1 aromatic rings. The van der Waals surface area contributed by atoms with Crippen molar-refractivity contribution >= 4 is 29.1 Å². The van der Waals surface area contributed by atoms with Crippen LogP contribution in [0.2, 0.25) is 5.02 Å². The molecule has 2 N–H and O–H groups in total. The third-order valence-electron chi connectivity index (χ3n) is 3.81. The number of rotatable bonds is 3. The van der Waals surface area contributed by atoms with Crippen molar-refractivity contribution in [1.29, 1.82) is 0 Å². The summed E-state index contributed by atoms with van der Waals surface area (Å²) < 4.78 is 38.6. The van der Waals surface area contributed by atoms with E-state index in [1.54, 1.807) is 11.8 Å². The van der Waals surface area contributed by atoms with Gasteiger partial charge in [-0.2, -0.15) is 13.2 Å². The summed E-state index contributed by atoms with van der Waals surface area (Å²) >= 11 is 5.55. The summed E-state index contributed by atoms with van der Waals surface area (Å²) in [4.78, 5) is 25.4. The fourth-order valence-electron chi connectivity index (χ4n) is 2.40. The fraction of sp³-hybridized carbons (Fsp3) is 0.467. The molecular weight excluding hydrogens is 347 g/mol. The maximum absolute atomic E-state index is 12.9. The van der Waals surface area contributed by atoms with Crippen LogP contribution in [-0.4, -0.2) is 42.4 Å². The van der Waals surface area contributed by atoms with E-state index in [1.165, 1.54) is 6.07 Å². The summed E-state index contributed by atoms with van der Waals surface area (Å²) in [6.07, 6.45) is -4.32. The minimum atomic E-state index is -4.60. The Labute approximate surface area is 142 Å². The number of hydrogen-bond acceptors (Lipinski definition) is 3. The molecule has 0 saturated carbocycles. The second kappa shape index (κ2) is 7.40. The smallest absolute Gasteiger partial charge is 0.355 e. The number of benzene rings is 1. The topological polar surface area (TPSA) is 61.4 Å². The van der Waals surface area contributed by atoms with E-state index in [0.717, 1.165) is 12.1 Å². The molecule has 1 heterocycles. The highest BCUT2D eigenvalue weighted by Crippen LogP contribution is 2.36. The molecular formula is C15H17ClF3N3O2. The highest BCUT2D eigenvalue weighted by Gasteiger charge is 2.33. The Hall–Kier alpha value is -1.80. The molecule has 5 nitrogen and oxygen atoms in total. The van der Waals surface area contributed by atoms with Crippen molar-refractivity contribution in [1.82, 2.24) is 10.2 Å². The van der Waals surface area contributed by atoms with E-state index in [4.69, 9.17) is 11.6 Å². The van der Waals surface area contributed by atoms with Gasteiger partial charge in [0.1, 0.15) is 0 Å². The van der Waals surface area contributed by atoms with Crippen molar-refractivity contribution < 1.29 is 22.8 Å². The largest absolute Gasteiger partial charge is 0.417 e. The molecule has 0 aromatic heterocycles. The first kappa shape index (κ1) is 18.5. The first-order valence-corrected chi connectivity index (χ1v) is 7.74. The standard InChI is InChI=1S/C15H17ClF3N3O2/c1-9(22-6-4-13(23)20-5-7-22)14(24)21-10-2-3-12(16)11(8-10)15(17,18)19/h2-3,8-9H,4-7H2,1H3,(H,20,23)(H,21,24)/t9-/m0/s1. The molecule has 1 fully saturated rings. The molecule has 0 aliphatic carbocycles. The molecule has 9 heteroatoms. The zero-order valence-corrected chi connectivity index (χ0v) is 13.7. The molecule has 1 atom stereocenters. The zero-order valence-electron chi connectivity index (χ0n) is 12.9. The van der Waals surface area contributed by atoms with Gasteiger partial charge >= 0.3 is 6.18 Å². The maximum atomic E-state index is 12.9. The van der Waals surface area contributed by atoms with Gasteiger partial charge in [0.25, 0.3) is 0 Å². The summed E-state index contributed by atoms with van der Waals surface area (Å²) in [5.74, 6) is -0.530. The molecule has 132 valence electrons. The van der Waals surface area contributed by atoms with Gasteiger partial charge < -0.3 is 10.6 Å². The summed E-state index contributed by atoms with van der Waals surface area (Å²) in [6, 6.07) is 2.64. The van der Waals surface area contributed by atoms with Crippen molar-refractivity contribution in [2.75, 3.05) is 25.0 Å². The molecule has 0 bridgehead atoms. The van der Waals surface area contributed by atoms with Crippen molar-refractivity contribution in [3.63, 3.8) is 0 Å². The average molecular weight is 364 g/mol. The quantitative estimate of drug-likeness (QED) is 0.867. The molecule has 0 unspecified atom stereocenters. The van der Waals surface area contributed by atoms with E-state index < -0.39 is 28.7 Å². The number of halogens is 4. The lowest BCUT2D eigenvalue weighted by molar-refractivity contribution is -0.137. The first-order valence-electron chi connectivity index (χ1n) is 7.37. The number of alkyl halides is 3. The molecule has 0 spiro atoms. The number of hydrogen-bond donors (Lipinski definition) is 2. The highest BCUT2D eigenvalue weighted by atomic mass is 35.5. The van der Waals surface area contributed by atoms with Crippen LogP contribution in [0.4, 0.5) is 18.9 Å². The summed E-state index contributed by atoms with van der Waals surface area (Å²) in [5, 5.41) is 4.74. The number of carbonyl (C=O) groups is 2. The minimum absolute atomic E-state index is 0.0209. The number of anilines is 1. The van der Waals surface area contributed by atoms with E-state index in [2.05, 4.69) is 10.6 Å². The Morgan fingerprint density at radius 2 is 2.08 bits per heavy atom. The molecule has 24 heavy (non-hydrogen) atoms. The molecule has 2 rings (SSSR count). The molecule has 0 radical (unpaired) electrons. The first-order chi connectivity index (χ1) is 11.2. The molecule has 1 aromatic carbocycles. The van der Waals surface area contributed by atoms with Crippen LogP contribution < -0.4 is 10.6 Å². The Morgan fingerprint density at radius 3 is 2.75 bits per heavy atom. The zero-order chi connectivity index (χ0) is 17.9. The van der Waals surface area contributed by atoms with Gasteiger partial charge in [-0.05, 0) is 25.1 Å². The number of carbonyl (C=O) groups excluding carboxylic acids is 2. The SMILES string of the molecule is C[C@@H](C(=O)Nc1ccc(Cl)c(C(F)(F)F)c1)N1CCNC(=O)CC1. The van der Waals surface area contributed by atoms with Gasteiger partial charge in [-0.1, -0.05) is 11.6 Å². The van der Waals surface area contributed by atoms with Gasteiger partial charge in [-0.3, -0.25) is 14.5 Å². The molecule has 1 saturated heterocycles. The van der Waals surface area contributed by atoms with Crippen LogP contribution in [0.5, 0.6) is 0 Å². The van der Waals surface area contributed by atoms with Gasteiger partial charge in [0, 0.05) is 31.7 Å². The van der Waals surface area contributed by atoms with E-state index in [1.807, 2.05) is 0 Å². The van der Waals surface area contributed by atoms with Crippen molar-refractivity contribution in [3.8, 4) is 0 Å². The van der Waals surface area contributed by atoms with E-state index >= 15 is 0 Å². The van der Waals surface area contributed by atoms with Gasteiger partial charge in [-0.25, -0.2) is 0 Å². The second-order valence-corrected chi connectivity index (χ2v) is 5.90. The lowest BCUT2D eigenvalue weighted by Crippen LogP contribution is -2.43. The van der Waals surface area contributed by atoms with Gasteiger partial charge in [0.05, 0.1) is 16.6 Å². The number of nitrogens with zero attached hydrogens (tertiary/aromatic N) is 1. The van der Waals surface area contributed by atoms with Crippen LogP contribution in [0.25, 0.3) is 0 Å². The third kappa shape index (κ3) is 4.61. The van der Waals surface area contributed by atoms with Gasteiger partial charge in [0.2, 0.25) is 11.8 Å². The van der Waals surface area contributed by atoms with Crippen LogP contribution in [0.3, 0.4) is 0 Å². The van der Waals surface area contributed by atoms with E-state index in [-0.39, 0.29) is 18.0 Å². The Kier molecular flexibility index (Phi) is 5.71. The van der Waals surface area contributed by atoms with Gasteiger partial charge in [-0.15, -0.1) is 0 Å². The van der Waals surface area contributed by atoms with Crippen molar-refractivity contribution in [2.24, 2.45) is 0 Å². The fourth-order valence-corrected chi connectivity index (χ4v) is 2.63. The van der Waals surface area contributed by atoms with E-state index in [9.17, 15) is 22.8 Å². The van der Waals surface area contributed by atoms with Crippen LogP contribution in [0.15, 0.2) is 18.2 Å². The van der Waals surface area contributed by atoms with Gasteiger partial charge in [0.15, 0.2) is 0 Å². The van der Waals surface area contributed by atoms with Crippen LogP contribution in [-0.2, 0) is 15.8 Å². The summed E-state index contributed by atoms with van der Waals surface area (Å²) in [5.41, 5.74) is -0.980.